The average Bonchev–Trinajstić information content (AvgIpc) is 2.57. The van der Waals surface area contributed by atoms with E-state index in [1.54, 1.807) is 13.8 Å². The molecule has 1 aromatic heterocycles. The number of aryl methyl sites for hydroxylation is 2. The van der Waals surface area contributed by atoms with Crippen molar-refractivity contribution in [1.82, 2.24) is 15.5 Å². The van der Waals surface area contributed by atoms with Crippen LogP contribution in [0.25, 0.3) is 0 Å². The minimum Gasteiger partial charge on any atom is -0.480 e. The van der Waals surface area contributed by atoms with Crippen molar-refractivity contribution in [3.63, 3.8) is 0 Å². The molecule has 1 amide bonds. The predicted octanol–water partition coefficient (Wildman–Crippen LogP) is -0.408. The first-order valence-corrected chi connectivity index (χ1v) is 5.13. The van der Waals surface area contributed by atoms with Gasteiger partial charge in [0.25, 0.3) is 5.91 Å². The van der Waals surface area contributed by atoms with E-state index in [0.717, 1.165) is 0 Å². The molecule has 0 fully saturated rings. The Balaban J connectivity index is 2.81. The number of nitrogens with one attached hydrogen (secondary N) is 2. The molecular formula is C10H15N3O4. The minimum absolute atomic E-state index is 0.0307. The summed E-state index contributed by atoms with van der Waals surface area (Å²) in [6.07, 6.45) is -0.0307. The van der Waals surface area contributed by atoms with Gasteiger partial charge in [-0.2, -0.15) is 5.10 Å². The Morgan fingerprint density at radius 1 is 1.47 bits per heavy atom. The Bertz CT molecular complexity index is 408. The third kappa shape index (κ3) is 3.04. The van der Waals surface area contributed by atoms with E-state index >= 15 is 0 Å². The van der Waals surface area contributed by atoms with Gasteiger partial charge in [-0.25, -0.2) is 4.79 Å². The van der Waals surface area contributed by atoms with Crippen LogP contribution in [0.4, 0.5) is 0 Å². The van der Waals surface area contributed by atoms with Gasteiger partial charge in [0.1, 0.15) is 6.04 Å². The number of aliphatic carboxylic acids is 1. The number of aliphatic hydroxyl groups excluding tert-OH is 1. The molecule has 1 heterocycles. The first-order valence-electron chi connectivity index (χ1n) is 5.13. The molecule has 1 atom stereocenters. The molecule has 7 heteroatoms. The van der Waals surface area contributed by atoms with Gasteiger partial charge in [-0.3, -0.25) is 9.89 Å². The van der Waals surface area contributed by atoms with Crippen molar-refractivity contribution in [3.05, 3.63) is 17.0 Å². The number of amides is 1. The molecule has 0 bridgehead atoms. The fraction of sp³-hybridized carbons (Fsp3) is 0.500. The molecular weight excluding hydrogens is 226 g/mol. The lowest BCUT2D eigenvalue weighted by molar-refractivity contribution is -0.139. The summed E-state index contributed by atoms with van der Waals surface area (Å²) in [5, 5.41) is 26.4. The van der Waals surface area contributed by atoms with Crippen LogP contribution in [0.15, 0.2) is 0 Å². The van der Waals surface area contributed by atoms with Crippen LogP contribution in [0.2, 0.25) is 0 Å². The highest BCUT2D eigenvalue weighted by Crippen LogP contribution is 2.09. The van der Waals surface area contributed by atoms with Crippen molar-refractivity contribution >= 4 is 11.9 Å². The molecule has 0 saturated carbocycles. The second kappa shape index (κ2) is 5.44. The van der Waals surface area contributed by atoms with Gasteiger partial charge < -0.3 is 15.5 Å². The number of carbonyl (C=O) groups excluding carboxylic acids is 1. The third-order valence-electron chi connectivity index (χ3n) is 2.38. The molecule has 4 N–H and O–H groups in total. The Labute approximate surface area is 97.8 Å². The standard InChI is InChI=1S/C10H15N3O4/c1-5-8(6(2)13-12-5)9(15)11-7(3-4-14)10(16)17/h7,14H,3-4H2,1-2H3,(H,11,15)(H,12,13)(H,16,17). The molecule has 0 aliphatic heterocycles. The SMILES string of the molecule is Cc1n[nH]c(C)c1C(=O)NC(CCO)C(=O)O. The maximum atomic E-state index is 11.8. The molecule has 1 unspecified atom stereocenters. The van der Waals surface area contributed by atoms with Crippen molar-refractivity contribution in [3.8, 4) is 0 Å². The van der Waals surface area contributed by atoms with Gasteiger partial charge in [0.05, 0.1) is 11.3 Å². The number of carboxylic acid groups (broad SMARTS) is 1. The summed E-state index contributed by atoms with van der Waals surface area (Å²) in [6.45, 7) is 3.03. The van der Waals surface area contributed by atoms with Crippen LogP contribution in [0, 0.1) is 13.8 Å². The van der Waals surface area contributed by atoms with E-state index in [2.05, 4.69) is 15.5 Å². The Morgan fingerprint density at radius 2 is 2.12 bits per heavy atom. The second-order valence-corrected chi connectivity index (χ2v) is 3.69. The van der Waals surface area contributed by atoms with Gasteiger partial charge in [0.2, 0.25) is 0 Å². The van der Waals surface area contributed by atoms with Crippen molar-refractivity contribution in [1.29, 1.82) is 0 Å². The number of H-pyrrole nitrogens is 1. The summed E-state index contributed by atoms with van der Waals surface area (Å²) in [5.74, 6) is -1.68. The Morgan fingerprint density at radius 3 is 2.53 bits per heavy atom. The summed E-state index contributed by atoms with van der Waals surface area (Å²) in [7, 11) is 0. The van der Waals surface area contributed by atoms with Crippen molar-refractivity contribution in [2.75, 3.05) is 6.61 Å². The number of nitrogens with zero attached hydrogens (tertiary/aromatic N) is 1. The normalized spacial score (nSPS) is 12.2. The van der Waals surface area contributed by atoms with Gasteiger partial charge >= 0.3 is 5.97 Å². The largest absolute Gasteiger partial charge is 0.480 e. The number of carboxylic acids is 1. The van der Waals surface area contributed by atoms with Crippen molar-refractivity contribution < 1.29 is 19.8 Å². The Hall–Kier alpha value is -1.89. The fourth-order valence-electron chi connectivity index (χ4n) is 1.50. The maximum absolute atomic E-state index is 11.8. The molecule has 0 aromatic carbocycles. The minimum atomic E-state index is -1.17. The zero-order valence-corrected chi connectivity index (χ0v) is 9.65. The van der Waals surface area contributed by atoms with Crippen LogP contribution < -0.4 is 5.32 Å². The Kier molecular flexibility index (Phi) is 4.22. The molecule has 0 aliphatic rings. The summed E-state index contributed by atoms with van der Waals surface area (Å²) in [4.78, 5) is 22.6. The smallest absolute Gasteiger partial charge is 0.326 e. The number of hydrogen-bond donors (Lipinski definition) is 4. The van der Waals surface area contributed by atoms with E-state index in [-0.39, 0.29) is 13.0 Å². The molecule has 1 aromatic rings. The molecule has 0 radical (unpaired) electrons. The maximum Gasteiger partial charge on any atom is 0.326 e. The second-order valence-electron chi connectivity index (χ2n) is 3.69. The molecule has 7 nitrogen and oxygen atoms in total. The summed E-state index contributed by atoms with van der Waals surface area (Å²) >= 11 is 0. The van der Waals surface area contributed by atoms with Gasteiger partial charge in [0, 0.05) is 18.7 Å². The predicted molar refractivity (Wildman–Crippen MR) is 58.7 cm³/mol. The number of aromatic nitrogens is 2. The first kappa shape index (κ1) is 13.2. The van der Waals surface area contributed by atoms with E-state index in [0.29, 0.717) is 17.0 Å². The van der Waals surface area contributed by atoms with Crippen molar-refractivity contribution in [2.24, 2.45) is 0 Å². The number of aliphatic hydroxyl groups is 1. The highest BCUT2D eigenvalue weighted by Gasteiger charge is 2.22. The number of aromatic amines is 1. The lowest BCUT2D eigenvalue weighted by Gasteiger charge is -2.13. The molecule has 0 spiro atoms. The van der Waals surface area contributed by atoms with Crippen LogP contribution in [-0.2, 0) is 4.79 Å². The van der Waals surface area contributed by atoms with Crippen LogP contribution in [0.3, 0.4) is 0 Å². The number of hydrogen-bond acceptors (Lipinski definition) is 4. The summed E-state index contributed by atoms with van der Waals surface area (Å²) in [5.41, 5.74) is 1.43. The number of rotatable bonds is 5. The highest BCUT2D eigenvalue weighted by atomic mass is 16.4. The van der Waals surface area contributed by atoms with Gasteiger partial charge in [-0.05, 0) is 13.8 Å². The molecule has 0 aliphatic carbocycles. The van der Waals surface area contributed by atoms with Crippen LogP contribution in [0.1, 0.15) is 28.2 Å². The molecule has 0 saturated heterocycles. The van der Waals surface area contributed by atoms with Crippen molar-refractivity contribution in [2.45, 2.75) is 26.3 Å². The number of carbonyl (C=O) groups is 2. The quantitative estimate of drug-likeness (QED) is 0.559. The lowest BCUT2D eigenvalue weighted by Crippen LogP contribution is -2.41. The first-order chi connectivity index (χ1) is 7.97. The summed E-state index contributed by atoms with van der Waals surface area (Å²) in [6, 6.07) is -1.10. The van der Waals surface area contributed by atoms with Crippen LogP contribution >= 0.6 is 0 Å². The van der Waals surface area contributed by atoms with Crippen LogP contribution in [0.5, 0.6) is 0 Å². The molecule has 1 rings (SSSR count). The van der Waals surface area contributed by atoms with E-state index < -0.39 is 17.9 Å². The highest BCUT2D eigenvalue weighted by molar-refractivity contribution is 5.98. The van der Waals surface area contributed by atoms with E-state index in [4.69, 9.17) is 10.2 Å². The summed E-state index contributed by atoms with van der Waals surface area (Å²) < 4.78 is 0. The van der Waals surface area contributed by atoms with Gasteiger partial charge in [-0.1, -0.05) is 0 Å². The third-order valence-corrected chi connectivity index (χ3v) is 2.38. The molecule has 17 heavy (non-hydrogen) atoms. The average molecular weight is 241 g/mol. The fourth-order valence-corrected chi connectivity index (χ4v) is 1.50. The van der Waals surface area contributed by atoms with Gasteiger partial charge in [-0.15, -0.1) is 0 Å². The molecule has 94 valence electrons. The van der Waals surface area contributed by atoms with Gasteiger partial charge in [0.15, 0.2) is 0 Å². The van der Waals surface area contributed by atoms with Crippen LogP contribution in [-0.4, -0.2) is 44.9 Å². The zero-order chi connectivity index (χ0) is 13.0. The van der Waals surface area contributed by atoms with E-state index in [1.165, 1.54) is 0 Å². The lowest BCUT2D eigenvalue weighted by atomic mass is 10.1. The van der Waals surface area contributed by atoms with E-state index in [9.17, 15) is 9.59 Å². The monoisotopic (exact) mass is 241 g/mol. The topological polar surface area (TPSA) is 115 Å². The zero-order valence-electron chi connectivity index (χ0n) is 9.65. The van der Waals surface area contributed by atoms with E-state index in [1.807, 2.05) is 0 Å².